The van der Waals surface area contributed by atoms with Crippen molar-refractivity contribution in [3.63, 3.8) is 0 Å². The van der Waals surface area contributed by atoms with Gasteiger partial charge in [0.25, 0.3) is 5.91 Å². The van der Waals surface area contributed by atoms with Crippen LogP contribution in [0, 0.1) is 6.92 Å². The molecule has 1 unspecified atom stereocenters. The standard InChI is InChI=1S/C35H42N4O5S/c1-7-16-44-28-13-12-25(17-21(28)2)26-19-36-31(37-20-26)24-10-8-23(9-11-24)18-27(32(40)38-22(3)34(42)43)39-33(41)29-14-15-30(45-29)35(4,5)6/h8-15,17,19-20,22,27,32,38,40H,7,16,18H2,1-6H3,(H,39,41)(H,42,43)/t22-,27+,32?/m1/s1. The number of ether oxygens (including phenoxy) is 1. The summed E-state index contributed by atoms with van der Waals surface area (Å²) in [5, 5.41) is 25.9. The van der Waals surface area contributed by atoms with Gasteiger partial charge in [0.15, 0.2) is 5.82 Å². The predicted octanol–water partition coefficient (Wildman–Crippen LogP) is 5.99. The van der Waals surface area contributed by atoms with Crippen molar-refractivity contribution in [2.45, 2.75) is 78.1 Å². The number of nitrogens with zero attached hydrogens (tertiary/aromatic N) is 2. The number of carbonyl (C=O) groups is 2. The Kier molecular flexibility index (Phi) is 11.1. The second kappa shape index (κ2) is 14.8. The highest BCUT2D eigenvalue weighted by Gasteiger charge is 2.27. The highest BCUT2D eigenvalue weighted by molar-refractivity contribution is 7.14. The summed E-state index contributed by atoms with van der Waals surface area (Å²) < 4.78 is 5.79. The van der Waals surface area contributed by atoms with Crippen LogP contribution >= 0.6 is 11.3 Å². The third-order valence-electron chi connectivity index (χ3n) is 7.35. The van der Waals surface area contributed by atoms with E-state index >= 15 is 0 Å². The van der Waals surface area contributed by atoms with Crippen LogP contribution in [0.4, 0.5) is 0 Å². The van der Waals surface area contributed by atoms with Gasteiger partial charge in [0, 0.05) is 28.4 Å². The second-order valence-electron chi connectivity index (χ2n) is 12.2. The van der Waals surface area contributed by atoms with Crippen LogP contribution in [0.25, 0.3) is 22.5 Å². The molecule has 0 bridgehead atoms. The van der Waals surface area contributed by atoms with Gasteiger partial charge in [0.05, 0.1) is 17.5 Å². The Morgan fingerprint density at radius 1 is 0.978 bits per heavy atom. The molecule has 0 aliphatic heterocycles. The lowest BCUT2D eigenvalue weighted by Crippen LogP contribution is -2.54. The van der Waals surface area contributed by atoms with Gasteiger partial charge in [0.1, 0.15) is 18.0 Å². The zero-order chi connectivity index (χ0) is 32.7. The van der Waals surface area contributed by atoms with Crippen LogP contribution in [0.2, 0.25) is 0 Å². The molecule has 0 fully saturated rings. The highest BCUT2D eigenvalue weighted by atomic mass is 32.1. The molecule has 10 heteroatoms. The molecule has 238 valence electrons. The van der Waals surface area contributed by atoms with E-state index in [-0.39, 0.29) is 17.7 Å². The third-order valence-corrected chi connectivity index (χ3v) is 8.86. The minimum atomic E-state index is -1.30. The molecule has 0 aliphatic rings. The summed E-state index contributed by atoms with van der Waals surface area (Å²) in [6, 6.07) is 15.5. The van der Waals surface area contributed by atoms with Gasteiger partial charge in [-0.1, -0.05) is 58.0 Å². The smallest absolute Gasteiger partial charge is 0.320 e. The number of aliphatic hydroxyl groups excluding tert-OH is 1. The molecule has 0 saturated heterocycles. The molecule has 0 spiro atoms. The van der Waals surface area contributed by atoms with Crippen molar-refractivity contribution >= 4 is 23.2 Å². The first-order chi connectivity index (χ1) is 21.3. The molecule has 0 saturated carbocycles. The Hall–Kier alpha value is -4.12. The van der Waals surface area contributed by atoms with Gasteiger partial charge in [-0.2, -0.15) is 0 Å². The maximum Gasteiger partial charge on any atom is 0.320 e. The summed E-state index contributed by atoms with van der Waals surface area (Å²) in [5.74, 6) is 0.0171. The van der Waals surface area contributed by atoms with Crippen molar-refractivity contribution in [1.82, 2.24) is 20.6 Å². The third kappa shape index (κ3) is 8.97. The largest absolute Gasteiger partial charge is 0.493 e. The first kappa shape index (κ1) is 33.8. The van der Waals surface area contributed by atoms with Gasteiger partial charge in [0.2, 0.25) is 0 Å². The fourth-order valence-electron chi connectivity index (χ4n) is 4.66. The number of carbonyl (C=O) groups excluding carboxylic acids is 1. The van der Waals surface area contributed by atoms with Gasteiger partial charge in [-0.15, -0.1) is 11.3 Å². The summed E-state index contributed by atoms with van der Waals surface area (Å²) in [6.45, 7) is 12.5. The molecule has 0 aliphatic carbocycles. The molecule has 3 atom stereocenters. The van der Waals surface area contributed by atoms with Gasteiger partial charge in [-0.05, 0) is 73.1 Å². The molecule has 45 heavy (non-hydrogen) atoms. The van der Waals surface area contributed by atoms with E-state index in [4.69, 9.17) is 4.74 Å². The molecule has 1 amide bonds. The number of aryl methyl sites for hydroxylation is 1. The molecule has 4 rings (SSSR count). The van der Waals surface area contributed by atoms with Crippen molar-refractivity contribution in [2.75, 3.05) is 6.61 Å². The van der Waals surface area contributed by atoms with E-state index in [0.717, 1.165) is 44.9 Å². The van der Waals surface area contributed by atoms with E-state index in [9.17, 15) is 19.8 Å². The van der Waals surface area contributed by atoms with Crippen LogP contribution in [-0.4, -0.2) is 57.0 Å². The number of benzene rings is 2. The van der Waals surface area contributed by atoms with Crippen LogP contribution in [-0.2, 0) is 16.6 Å². The number of aliphatic carboxylic acids is 1. The Morgan fingerprint density at radius 3 is 2.22 bits per heavy atom. The van der Waals surface area contributed by atoms with Gasteiger partial charge < -0.3 is 20.3 Å². The predicted molar refractivity (Wildman–Crippen MR) is 178 cm³/mol. The molecule has 2 aromatic heterocycles. The maximum absolute atomic E-state index is 13.2. The zero-order valence-electron chi connectivity index (χ0n) is 26.6. The van der Waals surface area contributed by atoms with Crippen LogP contribution in [0.15, 0.2) is 67.0 Å². The Morgan fingerprint density at radius 2 is 1.64 bits per heavy atom. The van der Waals surface area contributed by atoms with E-state index in [0.29, 0.717) is 17.3 Å². The monoisotopic (exact) mass is 630 g/mol. The van der Waals surface area contributed by atoms with Crippen molar-refractivity contribution < 1.29 is 24.5 Å². The van der Waals surface area contributed by atoms with E-state index in [1.165, 1.54) is 18.3 Å². The van der Waals surface area contributed by atoms with E-state index < -0.39 is 24.3 Å². The summed E-state index contributed by atoms with van der Waals surface area (Å²) in [6.07, 6.45) is 3.51. The fourth-order valence-corrected chi connectivity index (χ4v) is 5.63. The lowest BCUT2D eigenvalue weighted by molar-refractivity contribution is -0.140. The average molecular weight is 631 g/mol. The number of aliphatic hydroxyl groups is 1. The SMILES string of the molecule is CCCOc1ccc(-c2cnc(-c3ccc(C[C@H](NC(=O)c4ccc(C(C)(C)C)s4)C(O)N[C@H](C)C(=O)O)cc3)nc2)cc1C. The van der Waals surface area contributed by atoms with Gasteiger partial charge in [-0.25, -0.2) is 9.97 Å². The number of nitrogens with one attached hydrogen (secondary N) is 2. The number of hydrogen-bond donors (Lipinski definition) is 4. The Labute approximate surface area is 268 Å². The number of hydrogen-bond acceptors (Lipinski definition) is 8. The topological polar surface area (TPSA) is 134 Å². The number of thiophene rings is 1. The number of aromatic nitrogens is 2. The lowest BCUT2D eigenvalue weighted by Gasteiger charge is -2.26. The zero-order valence-corrected chi connectivity index (χ0v) is 27.4. The molecular weight excluding hydrogens is 588 g/mol. The van der Waals surface area contributed by atoms with Crippen LogP contribution < -0.4 is 15.4 Å². The van der Waals surface area contributed by atoms with Crippen molar-refractivity contribution in [2.24, 2.45) is 0 Å². The number of carboxylic acids is 1. The first-order valence-electron chi connectivity index (χ1n) is 15.1. The summed E-state index contributed by atoms with van der Waals surface area (Å²) in [4.78, 5) is 35.4. The van der Waals surface area contributed by atoms with Crippen molar-refractivity contribution in [3.8, 4) is 28.3 Å². The minimum absolute atomic E-state index is 0.0969. The number of carboxylic acid groups (broad SMARTS) is 1. The summed E-state index contributed by atoms with van der Waals surface area (Å²) in [5.41, 5.74) is 4.52. The summed E-state index contributed by atoms with van der Waals surface area (Å²) in [7, 11) is 0. The Balaban J connectivity index is 1.48. The van der Waals surface area contributed by atoms with Gasteiger partial charge in [-0.3, -0.25) is 14.9 Å². The van der Waals surface area contributed by atoms with E-state index in [2.05, 4.69) is 54.4 Å². The second-order valence-corrected chi connectivity index (χ2v) is 13.3. The highest BCUT2D eigenvalue weighted by Crippen LogP contribution is 2.30. The van der Waals surface area contributed by atoms with E-state index in [1.54, 1.807) is 18.5 Å². The normalized spacial score (nSPS) is 13.6. The van der Waals surface area contributed by atoms with Crippen LogP contribution in [0.5, 0.6) is 5.75 Å². The lowest BCUT2D eigenvalue weighted by atomic mass is 9.95. The minimum Gasteiger partial charge on any atom is -0.493 e. The molecule has 4 aromatic rings. The maximum atomic E-state index is 13.2. The fraction of sp³-hybridized carbons (Fsp3) is 0.371. The average Bonchev–Trinajstić information content (AvgIpc) is 3.52. The Bertz CT molecular complexity index is 1600. The quantitative estimate of drug-likeness (QED) is 0.132. The van der Waals surface area contributed by atoms with Crippen molar-refractivity contribution in [1.29, 1.82) is 0 Å². The molecular formula is C35H42N4O5S. The number of rotatable bonds is 13. The molecule has 9 nitrogen and oxygen atoms in total. The molecule has 0 radical (unpaired) electrons. The van der Waals surface area contributed by atoms with Gasteiger partial charge >= 0.3 is 5.97 Å². The molecule has 2 heterocycles. The molecule has 2 aromatic carbocycles. The first-order valence-corrected chi connectivity index (χ1v) is 15.9. The van der Waals surface area contributed by atoms with Crippen LogP contribution in [0.1, 0.15) is 66.7 Å². The number of amides is 1. The summed E-state index contributed by atoms with van der Waals surface area (Å²) >= 11 is 1.40. The van der Waals surface area contributed by atoms with E-state index in [1.807, 2.05) is 49.4 Å². The molecule has 4 N–H and O–H groups in total. The van der Waals surface area contributed by atoms with Crippen molar-refractivity contribution in [3.05, 3.63) is 87.9 Å². The van der Waals surface area contributed by atoms with Crippen LogP contribution in [0.3, 0.4) is 0 Å².